The third kappa shape index (κ3) is 4.49. The highest BCUT2D eigenvalue weighted by Crippen LogP contribution is 2.21. The van der Waals surface area contributed by atoms with Crippen LogP contribution in [0.2, 0.25) is 0 Å². The molecule has 1 aliphatic rings. The molecule has 0 aromatic heterocycles. The summed E-state index contributed by atoms with van der Waals surface area (Å²) in [4.78, 5) is 22.0. The Bertz CT molecular complexity index is 281. The van der Waals surface area contributed by atoms with E-state index in [9.17, 15) is 9.59 Å². The molecule has 0 aliphatic heterocycles. The Kier molecular flexibility index (Phi) is 4.15. The van der Waals surface area contributed by atoms with E-state index in [0.717, 1.165) is 12.8 Å². The Morgan fingerprint density at radius 1 is 1.33 bits per heavy atom. The van der Waals surface area contributed by atoms with E-state index in [2.05, 4.69) is 14.8 Å². The van der Waals surface area contributed by atoms with Crippen molar-refractivity contribution in [2.75, 3.05) is 14.2 Å². The Labute approximate surface area is 88.4 Å². The topological polar surface area (TPSA) is 64.6 Å². The molecule has 1 N–H and O–H groups in total. The quantitative estimate of drug-likeness (QED) is 0.527. The molecule has 0 heterocycles. The van der Waals surface area contributed by atoms with Crippen molar-refractivity contribution in [1.29, 1.82) is 0 Å². The molecule has 5 nitrogen and oxygen atoms in total. The summed E-state index contributed by atoms with van der Waals surface area (Å²) in [6, 6.07) is 0.380. The van der Waals surface area contributed by atoms with Crippen LogP contribution in [0.1, 0.15) is 19.3 Å². The Hall–Kier alpha value is -1.52. The van der Waals surface area contributed by atoms with Gasteiger partial charge in [0, 0.05) is 17.8 Å². The van der Waals surface area contributed by atoms with Crippen molar-refractivity contribution in [1.82, 2.24) is 5.32 Å². The first-order chi connectivity index (χ1) is 7.15. The minimum absolute atomic E-state index is 0.0715. The molecule has 0 unspecified atom stereocenters. The van der Waals surface area contributed by atoms with E-state index in [4.69, 9.17) is 0 Å². The molecule has 0 atom stereocenters. The number of hydrogen-bond acceptors (Lipinski definition) is 5. The van der Waals surface area contributed by atoms with Gasteiger partial charge in [0.05, 0.1) is 20.6 Å². The van der Waals surface area contributed by atoms with Crippen LogP contribution in [0.3, 0.4) is 0 Å². The predicted octanol–water partition coefficient (Wildman–Crippen LogP) is 0.358. The van der Waals surface area contributed by atoms with Gasteiger partial charge >= 0.3 is 11.9 Å². The monoisotopic (exact) mass is 213 g/mol. The van der Waals surface area contributed by atoms with Crippen LogP contribution in [0.15, 0.2) is 11.8 Å². The van der Waals surface area contributed by atoms with Gasteiger partial charge in [-0.25, -0.2) is 4.79 Å². The third-order valence-corrected chi connectivity index (χ3v) is 2.02. The number of hydrogen-bond donors (Lipinski definition) is 1. The molecule has 1 rings (SSSR count). The fraction of sp³-hybridized carbons (Fsp3) is 0.600. The van der Waals surface area contributed by atoms with E-state index in [1.165, 1.54) is 20.3 Å². The van der Waals surface area contributed by atoms with Crippen LogP contribution in [0, 0.1) is 0 Å². The van der Waals surface area contributed by atoms with Crippen molar-refractivity contribution in [3.63, 3.8) is 0 Å². The zero-order valence-corrected chi connectivity index (χ0v) is 8.91. The van der Waals surface area contributed by atoms with Crippen LogP contribution in [-0.2, 0) is 19.1 Å². The van der Waals surface area contributed by atoms with E-state index in [1.54, 1.807) is 0 Å². The van der Waals surface area contributed by atoms with Gasteiger partial charge in [0.2, 0.25) is 0 Å². The lowest BCUT2D eigenvalue weighted by Gasteiger charge is -2.08. The summed E-state index contributed by atoms with van der Waals surface area (Å²) in [6.45, 7) is 0. The third-order valence-electron chi connectivity index (χ3n) is 2.02. The van der Waals surface area contributed by atoms with E-state index in [1.807, 2.05) is 0 Å². The second kappa shape index (κ2) is 5.38. The van der Waals surface area contributed by atoms with Gasteiger partial charge in [-0.3, -0.25) is 4.79 Å². The largest absolute Gasteiger partial charge is 0.469 e. The van der Waals surface area contributed by atoms with Crippen LogP contribution in [0.4, 0.5) is 0 Å². The number of ether oxygens (including phenoxy) is 2. The van der Waals surface area contributed by atoms with Crippen LogP contribution >= 0.6 is 0 Å². The highest BCUT2D eigenvalue weighted by atomic mass is 16.5. The smallest absolute Gasteiger partial charge is 0.332 e. The van der Waals surface area contributed by atoms with Crippen molar-refractivity contribution in [3.8, 4) is 0 Å². The van der Waals surface area contributed by atoms with E-state index in [-0.39, 0.29) is 12.4 Å². The summed E-state index contributed by atoms with van der Waals surface area (Å²) in [7, 11) is 2.61. The molecular formula is C10H15NO4. The summed E-state index contributed by atoms with van der Waals surface area (Å²) in [5.74, 6) is -0.847. The molecule has 0 bridgehead atoms. The maximum absolute atomic E-state index is 11.0. The zero-order valence-electron chi connectivity index (χ0n) is 8.91. The molecule has 0 aromatic rings. The lowest BCUT2D eigenvalue weighted by molar-refractivity contribution is -0.139. The van der Waals surface area contributed by atoms with Crippen LogP contribution in [-0.4, -0.2) is 32.2 Å². The standard InChI is InChI=1S/C10H15NO4/c1-14-9(12)5-8(6-10(13)15-2)11-7-3-4-7/h5,7,11H,3-4,6H2,1-2H3/b8-5-. The van der Waals surface area contributed by atoms with E-state index < -0.39 is 5.97 Å². The van der Waals surface area contributed by atoms with Gasteiger partial charge in [-0.15, -0.1) is 0 Å². The number of carbonyl (C=O) groups excluding carboxylic acids is 2. The van der Waals surface area contributed by atoms with Crippen LogP contribution in [0.5, 0.6) is 0 Å². The lowest BCUT2D eigenvalue weighted by atomic mass is 10.3. The molecule has 15 heavy (non-hydrogen) atoms. The van der Waals surface area contributed by atoms with E-state index >= 15 is 0 Å². The number of nitrogens with one attached hydrogen (secondary N) is 1. The molecule has 0 aromatic carbocycles. The van der Waals surface area contributed by atoms with Crippen LogP contribution in [0.25, 0.3) is 0 Å². The zero-order chi connectivity index (χ0) is 11.3. The Morgan fingerprint density at radius 2 is 2.00 bits per heavy atom. The molecule has 1 saturated carbocycles. The maximum atomic E-state index is 11.0. The second-order valence-corrected chi connectivity index (χ2v) is 3.36. The highest BCUT2D eigenvalue weighted by Gasteiger charge is 2.23. The number of rotatable bonds is 5. The Morgan fingerprint density at radius 3 is 2.47 bits per heavy atom. The average molecular weight is 213 g/mol. The minimum atomic E-state index is -0.470. The van der Waals surface area contributed by atoms with Gasteiger partial charge in [-0.1, -0.05) is 0 Å². The normalized spacial score (nSPS) is 15.7. The number of carbonyl (C=O) groups is 2. The predicted molar refractivity (Wildman–Crippen MR) is 52.9 cm³/mol. The first-order valence-electron chi connectivity index (χ1n) is 4.77. The molecule has 84 valence electrons. The summed E-state index contributed by atoms with van der Waals surface area (Å²) in [5, 5.41) is 3.08. The first kappa shape index (κ1) is 11.6. The van der Waals surface area contributed by atoms with Gasteiger partial charge < -0.3 is 14.8 Å². The average Bonchev–Trinajstić information content (AvgIpc) is 3.01. The fourth-order valence-corrected chi connectivity index (χ4v) is 1.06. The second-order valence-electron chi connectivity index (χ2n) is 3.36. The maximum Gasteiger partial charge on any atom is 0.332 e. The number of esters is 2. The fourth-order valence-electron chi connectivity index (χ4n) is 1.06. The lowest BCUT2D eigenvalue weighted by Crippen LogP contribution is -2.20. The van der Waals surface area contributed by atoms with Crippen molar-refractivity contribution in [2.24, 2.45) is 0 Å². The van der Waals surface area contributed by atoms with Gasteiger partial charge in [0.1, 0.15) is 0 Å². The molecule has 1 aliphatic carbocycles. The van der Waals surface area contributed by atoms with E-state index in [0.29, 0.717) is 11.7 Å². The van der Waals surface area contributed by atoms with Crippen molar-refractivity contribution < 1.29 is 19.1 Å². The highest BCUT2D eigenvalue weighted by molar-refractivity contribution is 5.84. The summed E-state index contributed by atoms with van der Waals surface area (Å²) in [5.41, 5.74) is 0.552. The molecule has 0 saturated heterocycles. The molecular weight excluding hydrogens is 198 g/mol. The molecule has 5 heteroatoms. The van der Waals surface area contributed by atoms with Crippen molar-refractivity contribution in [2.45, 2.75) is 25.3 Å². The first-order valence-corrected chi connectivity index (χ1v) is 4.77. The molecule has 0 amide bonds. The van der Waals surface area contributed by atoms with Gasteiger partial charge in [0.15, 0.2) is 0 Å². The van der Waals surface area contributed by atoms with Crippen LogP contribution < -0.4 is 5.32 Å². The summed E-state index contributed by atoms with van der Waals surface area (Å²) >= 11 is 0. The van der Waals surface area contributed by atoms with Gasteiger partial charge in [-0.05, 0) is 12.8 Å². The van der Waals surface area contributed by atoms with Gasteiger partial charge in [-0.2, -0.15) is 0 Å². The minimum Gasteiger partial charge on any atom is -0.469 e. The van der Waals surface area contributed by atoms with Gasteiger partial charge in [0.25, 0.3) is 0 Å². The molecule has 0 spiro atoms. The Balaban J connectivity index is 2.54. The SMILES string of the molecule is COC(=O)/C=C(/CC(=O)OC)NC1CC1. The molecule has 1 fully saturated rings. The summed E-state index contributed by atoms with van der Waals surface area (Å²) < 4.78 is 9.02. The van der Waals surface area contributed by atoms with Crippen molar-refractivity contribution >= 4 is 11.9 Å². The summed E-state index contributed by atoms with van der Waals surface area (Å²) in [6.07, 6.45) is 3.50. The molecule has 0 radical (unpaired) electrons. The van der Waals surface area contributed by atoms with Crippen molar-refractivity contribution in [3.05, 3.63) is 11.8 Å². The number of methoxy groups -OCH3 is 2.